The Morgan fingerprint density at radius 1 is 1.09 bits per heavy atom. The number of hydrogen-bond acceptors (Lipinski definition) is 4. The van der Waals surface area contributed by atoms with Crippen molar-refractivity contribution in [2.24, 2.45) is 0 Å². The Hall–Kier alpha value is -3.91. The number of hydrogen-bond donors (Lipinski definition) is 2. The normalized spacial score (nSPS) is 11.1. The summed E-state index contributed by atoms with van der Waals surface area (Å²) in [6.07, 6.45) is 1.47. The zero-order valence-electron chi connectivity index (χ0n) is 17.5. The van der Waals surface area contributed by atoms with Gasteiger partial charge in [0.2, 0.25) is 5.78 Å². The molecule has 0 saturated carbocycles. The first-order chi connectivity index (χ1) is 15.9. The standard InChI is InChI=1S/C25H18BrFN4O2/c1-14-10-17(33-16-5-2-4-15(27)11-16)8-9-23(14)31-25(28)19(13-29-31)24(32)22-12-18-20(26)6-3-7-21(18)30-22/h2-13,30H,28H2,1H3. The van der Waals surface area contributed by atoms with E-state index in [0.717, 1.165) is 20.9 Å². The van der Waals surface area contributed by atoms with Crippen LogP contribution in [0.2, 0.25) is 0 Å². The molecule has 164 valence electrons. The van der Waals surface area contributed by atoms with Gasteiger partial charge >= 0.3 is 0 Å². The fourth-order valence-corrected chi connectivity index (χ4v) is 4.19. The molecule has 0 unspecified atom stereocenters. The zero-order valence-corrected chi connectivity index (χ0v) is 19.1. The maximum Gasteiger partial charge on any atom is 0.214 e. The fourth-order valence-electron chi connectivity index (χ4n) is 3.71. The van der Waals surface area contributed by atoms with Crippen LogP contribution in [0.25, 0.3) is 16.6 Å². The van der Waals surface area contributed by atoms with Gasteiger partial charge in [-0.3, -0.25) is 4.79 Å². The van der Waals surface area contributed by atoms with Crippen molar-refractivity contribution in [1.82, 2.24) is 14.8 Å². The van der Waals surface area contributed by atoms with Gasteiger partial charge in [0, 0.05) is 21.4 Å². The van der Waals surface area contributed by atoms with Crippen molar-refractivity contribution >= 4 is 38.4 Å². The van der Waals surface area contributed by atoms with Crippen molar-refractivity contribution < 1.29 is 13.9 Å². The number of nitrogens with zero attached hydrogens (tertiary/aromatic N) is 2. The monoisotopic (exact) mass is 504 g/mol. The Morgan fingerprint density at radius 3 is 2.64 bits per heavy atom. The van der Waals surface area contributed by atoms with Crippen LogP contribution in [0, 0.1) is 12.7 Å². The fraction of sp³-hybridized carbons (Fsp3) is 0.0400. The number of rotatable bonds is 5. The van der Waals surface area contributed by atoms with Crippen molar-refractivity contribution in [1.29, 1.82) is 0 Å². The van der Waals surface area contributed by atoms with E-state index in [0.29, 0.717) is 28.4 Å². The number of nitrogens with two attached hydrogens (primary N) is 1. The molecule has 5 aromatic rings. The molecule has 0 aliphatic rings. The number of aryl methyl sites for hydroxylation is 1. The second kappa shape index (κ2) is 8.22. The molecule has 5 rings (SSSR count). The highest BCUT2D eigenvalue weighted by molar-refractivity contribution is 9.10. The highest BCUT2D eigenvalue weighted by Crippen LogP contribution is 2.29. The minimum atomic E-state index is -0.371. The Kier molecular flexibility index (Phi) is 5.22. The van der Waals surface area contributed by atoms with Gasteiger partial charge in [-0.25, -0.2) is 9.07 Å². The van der Waals surface area contributed by atoms with E-state index in [2.05, 4.69) is 26.0 Å². The van der Waals surface area contributed by atoms with Gasteiger partial charge in [0.25, 0.3) is 0 Å². The number of carbonyl (C=O) groups excluding carboxylic acids is 1. The predicted molar refractivity (Wildman–Crippen MR) is 129 cm³/mol. The summed E-state index contributed by atoms with van der Waals surface area (Å²) in [6.45, 7) is 1.88. The number of nitrogens with one attached hydrogen (secondary N) is 1. The highest BCUT2D eigenvalue weighted by Gasteiger charge is 2.20. The van der Waals surface area contributed by atoms with Crippen molar-refractivity contribution in [2.75, 3.05) is 5.73 Å². The summed E-state index contributed by atoms with van der Waals surface area (Å²) in [5.74, 6) is 0.570. The van der Waals surface area contributed by atoms with Crippen LogP contribution in [0.3, 0.4) is 0 Å². The average Bonchev–Trinajstić information content (AvgIpc) is 3.38. The minimum absolute atomic E-state index is 0.236. The lowest BCUT2D eigenvalue weighted by molar-refractivity contribution is 0.103. The quantitative estimate of drug-likeness (QED) is 0.280. The first-order valence-corrected chi connectivity index (χ1v) is 10.9. The molecule has 0 bridgehead atoms. The molecule has 2 heterocycles. The number of carbonyl (C=O) groups is 1. The molecule has 0 radical (unpaired) electrons. The number of ether oxygens (including phenoxy) is 1. The molecule has 0 atom stereocenters. The summed E-state index contributed by atoms with van der Waals surface area (Å²) < 4.78 is 21.6. The lowest BCUT2D eigenvalue weighted by Crippen LogP contribution is -2.08. The lowest BCUT2D eigenvalue weighted by atomic mass is 10.1. The first-order valence-electron chi connectivity index (χ1n) is 10.1. The summed E-state index contributed by atoms with van der Waals surface area (Å²) in [5.41, 5.74) is 9.44. The largest absolute Gasteiger partial charge is 0.457 e. The topological polar surface area (TPSA) is 85.9 Å². The second-order valence-corrected chi connectivity index (χ2v) is 8.43. The molecular weight excluding hydrogens is 487 g/mol. The molecule has 0 amide bonds. The Labute approximate surface area is 196 Å². The molecule has 0 saturated heterocycles. The molecular formula is C25H18BrFN4O2. The summed E-state index contributed by atoms with van der Waals surface area (Å²) in [4.78, 5) is 16.3. The smallest absolute Gasteiger partial charge is 0.214 e. The number of anilines is 1. The van der Waals surface area contributed by atoms with Gasteiger partial charge < -0.3 is 15.5 Å². The van der Waals surface area contributed by atoms with Gasteiger partial charge in [-0.1, -0.05) is 28.1 Å². The van der Waals surface area contributed by atoms with Gasteiger partial charge in [0.05, 0.1) is 23.1 Å². The maximum absolute atomic E-state index is 13.4. The van der Waals surface area contributed by atoms with E-state index in [9.17, 15) is 9.18 Å². The summed E-state index contributed by atoms with van der Waals surface area (Å²) >= 11 is 3.50. The van der Waals surface area contributed by atoms with Crippen molar-refractivity contribution in [3.05, 3.63) is 100 Å². The van der Waals surface area contributed by atoms with Gasteiger partial charge in [-0.15, -0.1) is 0 Å². The second-order valence-electron chi connectivity index (χ2n) is 7.58. The van der Waals surface area contributed by atoms with E-state index >= 15 is 0 Å². The molecule has 0 aliphatic carbocycles. The van der Waals surface area contributed by atoms with Crippen LogP contribution in [0.15, 0.2) is 77.4 Å². The van der Waals surface area contributed by atoms with Crippen LogP contribution in [0.4, 0.5) is 10.2 Å². The summed E-state index contributed by atoms with van der Waals surface area (Å²) in [6, 6.07) is 18.8. The number of nitrogen functional groups attached to an aromatic ring is 1. The van der Waals surface area contributed by atoms with E-state index in [1.807, 2.05) is 25.1 Å². The molecule has 8 heteroatoms. The number of halogens is 2. The zero-order chi connectivity index (χ0) is 23.1. The van der Waals surface area contributed by atoms with Crippen molar-refractivity contribution in [3.8, 4) is 17.2 Å². The molecule has 2 aromatic heterocycles. The summed E-state index contributed by atoms with van der Waals surface area (Å²) in [5, 5.41) is 5.26. The highest BCUT2D eigenvalue weighted by atomic mass is 79.9. The van der Waals surface area contributed by atoms with Crippen LogP contribution in [0.5, 0.6) is 11.5 Å². The van der Waals surface area contributed by atoms with Gasteiger partial charge in [-0.05, 0) is 61.0 Å². The Morgan fingerprint density at radius 2 is 1.88 bits per heavy atom. The third-order valence-corrected chi connectivity index (χ3v) is 6.03. The maximum atomic E-state index is 13.4. The SMILES string of the molecule is Cc1cc(Oc2cccc(F)c2)ccc1-n1ncc(C(=O)c2cc3c(Br)cccc3[nH]2)c1N. The predicted octanol–water partition coefficient (Wildman–Crippen LogP) is 6.17. The lowest BCUT2D eigenvalue weighted by Gasteiger charge is -2.11. The summed E-state index contributed by atoms with van der Waals surface area (Å²) in [7, 11) is 0. The van der Waals surface area contributed by atoms with Crippen molar-refractivity contribution in [3.63, 3.8) is 0 Å². The van der Waals surface area contributed by atoms with Crippen LogP contribution in [-0.2, 0) is 0 Å². The van der Waals surface area contributed by atoms with Crippen molar-refractivity contribution in [2.45, 2.75) is 6.92 Å². The number of ketones is 1. The van der Waals surface area contributed by atoms with Crippen LogP contribution in [0.1, 0.15) is 21.6 Å². The Balaban J connectivity index is 1.44. The first kappa shape index (κ1) is 21.0. The minimum Gasteiger partial charge on any atom is -0.457 e. The molecule has 3 N–H and O–H groups in total. The number of fused-ring (bicyclic) bond motifs is 1. The van der Waals surface area contributed by atoms with Gasteiger partial charge in [-0.2, -0.15) is 5.10 Å². The third-order valence-electron chi connectivity index (χ3n) is 5.33. The molecule has 0 spiro atoms. The molecule has 0 aliphatic heterocycles. The van der Waals surface area contributed by atoms with Gasteiger partial charge in [0.15, 0.2) is 0 Å². The molecule has 33 heavy (non-hydrogen) atoms. The number of benzene rings is 3. The molecule has 0 fully saturated rings. The average molecular weight is 505 g/mol. The van der Waals surface area contributed by atoms with E-state index in [1.54, 1.807) is 36.4 Å². The number of aromatic nitrogens is 3. The van der Waals surface area contributed by atoms with Crippen LogP contribution >= 0.6 is 15.9 Å². The third kappa shape index (κ3) is 3.89. The van der Waals surface area contributed by atoms with E-state index in [-0.39, 0.29) is 17.4 Å². The number of H-pyrrole nitrogens is 1. The van der Waals surface area contributed by atoms with Crippen LogP contribution < -0.4 is 10.5 Å². The van der Waals surface area contributed by atoms with Gasteiger partial charge in [0.1, 0.15) is 23.1 Å². The van der Waals surface area contributed by atoms with E-state index in [1.165, 1.54) is 23.0 Å². The molecule has 3 aromatic carbocycles. The van der Waals surface area contributed by atoms with E-state index < -0.39 is 0 Å². The molecule has 6 nitrogen and oxygen atoms in total. The Bertz CT molecular complexity index is 1520. The van der Waals surface area contributed by atoms with Crippen LogP contribution in [-0.4, -0.2) is 20.5 Å². The van der Waals surface area contributed by atoms with E-state index in [4.69, 9.17) is 10.5 Å². The number of aromatic amines is 1.